The first-order valence-electron chi connectivity index (χ1n) is 9.58. The lowest BCUT2D eigenvalue weighted by Gasteiger charge is -2.38. The van der Waals surface area contributed by atoms with Gasteiger partial charge in [0.05, 0.1) is 0 Å². The van der Waals surface area contributed by atoms with Crippen molar-refractivity contribution in [2.45, 2.75) is 19.5 Å². The fourth-order valence-electron chi connectivity index (χ4n) is 3.38. The summed E-state index contributed by atoms with van der Waals surface area (Å²) in [4.78, 5) is 14.1. The van der Waals surface area contributed by atoms with E-state index in [-0.39, 0.29) is 19.6 Å². The Morgan fingerprint density at radius 1 is 1.10 bits per heavy atom. The van der Waals surface area contributed by atoms with Crippen LogP contribution in [0, 0.1) is 0 Å². The molecule has 10 heteroatoms. The van der Waals surface area contributed by atoms with Crippen LogP contribution in [0.2, 0.25) is 5.02 Å². The Morgan fingerprint density at radius 2 is 1.70 bits per heavy atom. The molecule has 162 valence electrons. The summed E-state index contributed by atoms with van der Waals surface area (Å²) in [6.07, 6.45) is 0. The fourth-order valence-corrected chi connectivity index (χ4v) is 5.24. The van der Waals surface area contributed by atoms with Gasteiger partial charge in [-0.15, -0.1) is 0 Å². The highest BCUT2D eigenvalue weighted by Crippen LogP contribution is 2.23. The molecule has 0 bridgehead atoms. The normalized spacial score (nSPS) is 16.5. The Bertz CT molecular complexity index is 949. The molecule has 1 heterocycles. The van der Waals surface area contributed by atoms with Crippen molar-refractivity contribution in [1.29, 1.82) is 0 Å². The number of halogens is 1. The number of hydrogen-bond acceptors (Lipinski definition) is 5. The molecule has 2 N–H and O–H groups in total. The first kappa shape index (κ1) is 22.5. The third-order valence-electron chi connectivity index (χ3n) is 5.16. The van der Waals surface area contributed by atoms with Gasteiger partial charge < -0.3 is 4.90 Å². The maximum absolute atomic E-state index is 13.4. The molecule has 0 spiro atoms. The highest BCUT2D eigenvalue weighted by Gasteiger charge is 2.37. The van der Waals surface area contributed by atoms with Gasteiger partial charge in [-0.1, -0.05) is 41.9 Å². The number of amides is 1. The first-order valence-corrected chi connectivity index (χ1v) is 11.4. The zero-order valence-electron chi connectivity index (χ0n) is 16.6. The smallest absolute Gasteiger partial charge is 0.283 e. The Kier molecular flexibility index (Phi) is 7.32. The first-order chi connectivity index (χ1) is 14.3. The van der Waals surface area contributed by atoms with Crippen molar-refractivity contribution in [2.24, 2.45) is 0 Å². The molecule has 1 saturated heterocycles. The molecule has 2 aromatic rings. The molecular weight excluding hydrogens is 428 g/mol. The third kappa shape index (κ3) is 5.11. The van der Waals surface area contributed by atoms with Crippen molar-refractivity contribution in [3.05, 3.63) is 65.2 Å². The standard InChI is InChI=1S/C20H25ClN4O4S/c1-16(20(26)22-27)25(15-17-5-3-2-4-6-17)30(28,29)24-13-11-23(12-14-24)19-9-7-18(21)8-10-19/h2-10,16,27H,11-15H2,1H3,(H,22,26)/t16-/m1/s1. The Labute approximate surface area is 181 Å². The summed E-state index contributed by atoms with van der Waals surface area (Å²) in [6, 6.07) is 15.4. The number of carbonyl (C=O) groups excluding carboxylic acids is 1. The van der Waals surface area contributed by atoms with E-state index in [9.17, 15) is 13.2 Å². The summed E-state index contributed by atoms with van der Waals surface area (Å²) < 4.78 is 29.3. The molecule has 0 aliphatic carbocycles. The number of anilines is 1. The second-order valence-electron chi connectivity index (χ2n) is 7.05. The van der Waals surface area contributed by atoms with Gasteiger partial charge in [0.1, 0.15) is 6.04 Å². The third-order valence-corrected chi connectivity index (χ3v) is 7.46. The Hall–Kier alpha value is -2.17. The number of nitrogens with zero attached hydrogens (tertiary/aromatic N) is 3. The summed E-state index contributed by atoms with van der Waals surface area (Å²) >= 11 is 5.94. The van der Waals surface area contributed by atoms with Gasteiger partial charge in [0, 0.05) is 43.4 Å². The van der Waals surface area contributed by atoms with Gasteiger partial charge >= 0.3 is 0 Å². The van der Waals surface area contributed by atoms with Crippen LogP contribution in [0.15, 0.2) is 54.6 Å². The van der Waals surface area contributed by atoms with Crippen molar-refractivity contribution in [1.82, 2.24) is 14.1 Å². The lowest BCUT2D eigenvalue weighted by molar-refractivity contribution is -0.132. The minimum Gasteiger partial charge on any atom is -0.369 e. The molecule has 1 fully saturated rings. The van der Waals surface area contributed by atoms with E-state index in [1.54, 1.807) is 29.7 Å². The van der Waals surface area contributed by atoms with Crippen molar-refractivity contribution >= 4 is 33.4 Å². The molecule has 0 unspecified atom stereocenters. The second kappa shape index (κ2) is 9.76. The van der Waals surface area contributed by atoms with Gasteiger partial charge in [0.15, 0.2) is 0 Å². The lowest BCUT2D eigenvalue weighted by atomic mass is 10.2. The molecule has 8 nitrogen and oxygen atoms in total. The van der Waals surface area contributed by atoms with E-state index in [2.05, 4.69) is 4.90 Å². The van der Waals surface area contributed by atoms with Crippen LogP contribution in [0.1, 0.15) is 12.5 Å². The van der Waals surface area contributed by atoms with Gasteiger partial charge in [0.2, 0.25) is 0 Å². The van der Waals surface area contributed by atoms with E-state index in [4.69, 9.17) is 16.8 Å². The van der Waals surface area contributed by atoms with Crippen LogP contribution in [-0.4, -0.2) is 60.4 Å². The van der Waals surface area contributed by atoms with Crippen molar-refractivity contribution < 1.29 is 18.4 Å². The number of hydroxylamine groups is 1. The zero-order chi connectivity index (χ0) is 21.7. The summed E-state index contributed by atoms with van der Waals surface area (Å²) in [6.45, 7) is 3.07. The predicted octanol–water partition coefficient (Wildman–Crippen LogP) is 2.10. The zero-order valence-corrected chi connectivity index (χ0v) is 18.2. The van der Waals surface area contributed by atoms with Crippen LogP contribution < -0.4 is 10.4 Å². The van der Waals surface area contributed by atoms with E-state index < -0.39 is 22.2 Å². The number of carbonyl (C=O) groups is 1. The summed E-state index contributed by atoms with van der Waals surface area (Å²) in [5.74, 6) is -0.783. The maximum Gasteiger partial charge on any atom is 0.283 e. The van der Waals surface area contributed by atoms with Crippen molar-refractivity contribution in [3.63, 3.8) is 0 Å². The average molecular weight is 453 g/mol. The number of hydrogen-bond donors (Lipinski definition) is 2. The minimum atomic E-state index is -3.94. The maximum atomic E-state index is 13.4. The largest absolute Gasteiger partial charge is 0.369 e. The topological polar surface area (TPSA) is 93.2 Å². The molecular formula is C20H25ClN4O4S. The average Bonchev–Trinajstić information content (AvgIpc) is 2.77. The highest BCUT2D eigenvalue weighted by atomic mass is 35.5. The molecule has 2 aromatic carbocycles. The van der Waals surface area contributed by atoms with E-state index in [0.717, 1.165) is 15.6 Å². The van der Waals surface area contributed by atoms with Gasteiger partial charge in [-0.2, -0.15) is 17.0 Å². The molecule has 0 aromatic heterocycles. The SMILES string of the molecule is C[C@H](C(=O)NO)N(Cc1ccccc1)S(=O)(=O)N1CCN(c2ccc(Cl)cc2)CC1. The number of rotatable bonds is 7. The van der Waals surface area contributed by atoms with Crippen molar-refractivity contribution in [3.8, 4) is 0 Å². The van der Waals surface area contributed by atoms with E-state index in [0.29, 0.717) is 18.1 Å². The Morgan fingerprint density at radius 3 is 2.27 bits per heavy atom. The summed E-state index contributed by atoms with van der Waals surface area (Å²) in [7, 11) is -3.94. The van der Waals surface area contributed by atoms with E-state index in [1.807, 2.05) is 30.3 Å². The predicted molar refractivity (Wildman–Crippen MR) is 116 cm³/mol. The van der Waals surface area contributed by atoms with Crippen LogP contribution >= 0.6 is 11.6 Å². The van der Waals surface area contributed by atoms with Crippen LogP contribution in [-0.2, 0) is 21.5 Å². The molecule has 0 saturated carbocycles. The second-order valence-corrected chi connectivity index (χ2v) is 9.37. The number of nitrogens with one attached hydrogen (secondary N) is 1. The van der Waals surface area contributed by atoms with Crippen molar-refractivity contribution in [2.75, 3.05) is 31.1 Å². The minimum absolute atomic E-state index is 0.0230. The Balaban J connectivity index is 1.77. The van der Waals surface area contributed by atoms with Crippen LogP contribution in [0.3, 0.4) is 0 Å². The van der Waals surface area contributed by atoms with Gasteiger partial charge in [-0.3, -0.25) is 10.0 Å². The molecule has 1 amide bonds. The molecule has 1 aliphatic heterocycles. The molecule has 0 radical (unpaired) electrons. The van der Waals surface area contributed by atoms with Gasteiger partial charge in [0.25, 0.3) is 16.1 Å². The monoisotopic (exact) mass is 452 g/mol. The van der Waals surface area contributed by atoms with Crippen LogP contribution in [0.25, 0.3) is 0 Å². The molecule has 3 rings (SSSR count). The summed E-state index contributed by atoms with van der Waals surface area (Å²) in [5.41, 5.74) is 3.28. The quantitative estimate of drug-likeness (QED) is 0.495. The van der Waals surface area contributed by atoms with E-state index >= 15 is 0 Å². The number of piperazine rings is 1. The summed E-state index contributed by atoms with van der Waals surface area (Å²) in [5, 5.41) is 9.67. The lowest BCUT2D eigenvalue weighted by Crippen LogP contribution is -2.56. The van der Waals surface area contributed by atoms with Crippen LogP contribution in [0.5, 0.6) is 0 Å². The molecule has 30 heavy (non-hydrogen) atoms. The fraction of sp³-hybridized carbons (Fsp3) is 0.350. The van der Waals surface area contributed by atoms with E-state index in [1.165, 1.54) is 11.2 Å². The highest BCUT2D eigenvalue weighted by molar-refractivity contribution is 7.86. The molecule has 1 aliphatic rings. The van der Waals surface area contributed by atoms with Crippen LogP contribution in [0.4, 0.5) is 5.69 Å². The number of benzene rings is 2. The van der Waals surface area contributed by atoms with Gasteiger partial charge in [-0.25, -0.2) is 5.48 Å². The van der Waals surface area contributed by atoms with Gasteiger partial charge in [-0.05, 0) is 36.8 Å². The molecule has 1 atom stereocenters.